The number of nitrogens with zero attached hydrogens (tertiary/aromatic N) is 2. The van der Waals surface area contributed by atoms with Crippen LogP contribution in [-0.2, 0) is 11.3 Å². The molecule has 0 unspecified atom stereocenters. The molecule has 4 heteroatoms. The van der Waals surface area contributed by atoms with E-state index in [2.05, 4.69) is 34.1 Å². The van der Waals surface area contributed by atoms with Crippen LogP contribution in [0.4, 0.5) is 0 Å². The molecule has 1 aromatic carbocycles. The van der Waals surface area contributed by atoms with E-state index in [0.29, 0.717) is 17.9 Å². The number of hydrogen-bond donors (Lipinski definition) is 0. The molecule has 1 aromatic rings. The number of likely N-dealkylation sites (tertiary alicyclic amines) is 2. The van der Waals surface area contributed by atoms with Crippen molar-refractivity contribution in [2.45, 2.75) is 76.9 Å². The zero-order valence-corrected chi connectivity index (χ0v) is 17.3. The maximum atomic E-state index is 12.3. The lowest BCUT2D eigenvalue weighted by atomic mass is 9.93. The predicted molar refractivity (Wildman–Crippen MR) is 112 cm³/mol. The lowest BCUT2D eigenvalue weighted by molar-refractivity contribution is -0.130. The van der Waals surface area contributed by atoms with Gasteiger partial charge in [0.15, 0.2) is 0 Å². The Labute approximate surface area is 170 Å². The molecule has 2 aliphatic heterocycles. The number of carbonyl (C=O) groups excluding carboxylic acids is 1. The summed E-state index contributed by atoms with van der Waals surface area (Å²) in [7, 11) is 0. The smallest absolute Gasteiger partial charge is 0.222 e. The van der Waals surface area contributed by atoms with E-state index in [4.69, 9.17) is 4.74 Å². The third-order valence-corrected chi connectivity index (χ3v) is 6.76. The predicted octanol–water partition coefficient (Wildman–Crippen LogP) is 4.62. The van der Waals surface area contributed by atoms with Crippen molar-refractivity contribution < 1.29 is 9.53 Å². The molecular formula is C24H36N2O2. The SMILES string of the molecule is O=C(CC[C@@H]1CCCN(Cc2ccc(OC3CCCC3)cc2)C1)N1CCCC1. The van der Waals surface area contributed by atoms with Gasteiger partial charge in [0.1, 0.15) is 5.75 Å². The molecule has 154 valence electrons. The number of ether oxygens (including phenoxy) is 1. The van der Waals surface area contributed by atoms with Crippen LogP contribution >= 0.6 is 0 Å². The van der Waals surface area contributed by atoms with Crippen molar-refractivity contribution in [1.29, 1.82) is 0 Å². The highest BCUT2D eigenvalue weighted by Gasteiger charge is 2.23. The Morgan fingerprint density at radius 1 is 0.929 bits per heavy atom. The summed E-state index contributed by atoms with van der Waals surface area (Å²) in [6.07, 6.45) is 12.2. The zero-order chi connectivity index (χ0) is 19.2. The van der Waals surface area contributed by atoms with Crippen LogP contribution in [-0.4, -0.2) is 48.0 Å². The molecule has 1 aliphatic carbocycles. The second-order valence-corrected chi connectivity index (χ2v) is 9.04. The van der Waals surface area contributed by atoms with Gasteiger partial charge in [-0.05, 0) is 87.9 Å². The van der Waals surface area contributed by atoms with Gasteiger partial charge in [-0.25, -0.2) is 0 Å². The van der Waals surface area contributed by atoms with Gasteiger partial charge >= 0.3 is 0 Å². The quantitative estimate of drug-likeness (QED) is 0.687. The number of hydrogen-bond acceptors (Lipinski definition) is 3. The largest absolute Gasteiger partial charge is 0.490 e. The van der Waals surface area contributed by atoms with Crippen molar-refractivity contribution in [2.24, 2.45) is 5.92 Å². The van der Waals surface area contributed by atoms with Crippen molar-refractivity contribution in [1.82, 2.24) is 9.80 Å². The van der Waals surface area contributed by atoms with E-state index >= 15 is 0 Å². The molecule has 0 aromatic heterocycles. The van der Waals surface area contributed by atoms with Gasteiger partial charge in [-0.3, -0.25) is 9.69 Å². The highest BCUT2D eigenvalue weighted by molar-refractivity contribution is 5.76. The molecule has 2 heterocycles. The first-order chi connectivity index (χ1) is 13.8. The van der Waals surface area contributed by atoms with Crippen LogP contribution in [0.1, 0.15) is 69.8 Å². The first-order valence-electron chi connectivity index (χ1n) is 11.5. The molecule has 1 amide bonds. The van der Waals surface area contributed by atoms with Crippen molar-refractivity contribution in [3.05, 3.63) is 29.8 Å². The van der Waals surface area contributed by atoms with Gasteiger partial charge in [0.2, 0.25) is 5.91 Å². The number of amides is 1. The maximum Gasteiger partial charge on any atom is 0.222 e. The third-order valence-electron chi connectivity index (χ3n) is 6.76. The van der Waals surface area contributed by atoms with Gasteiger partial charge in [-0.2, -0.15) is 0 Å². The van der Waals surface area contributed by atoms with Crippen LogP contribution in [0.5, 0.6) is 5.75 Å². The second-order valence-electron chi connectivity index (χ2n) is 9.04. The standard InChI is InChI=1S/C24H36N2O2/c27-24(26-16-3-4-17-26)14-11-20-6-5-15-25(18-20)19-21-9-12-23(13-10-21)28-22-7-1-2-8-22/h9-10,12-13,20,22H,1-8,11,14-19H2/t20-/m0/s1. The fraction of sp³-hybridized carbons (Fsp3) is 0.708. The number of carbonyl (C=O) groups is 1. The van der Waals surface area contributed by atoms with Crippen molar-refractivity contribution in [3.63, 3.8) is 0 Å². The van der Waals surface area contributed by atoms with Gasteiger partial charge in [0.05, 0.1) is 6.10 Å². The summed E-state index contributed by atoms with van der Waals surface area (Å²) in [6.45, 7) is 5.29. The van der Waals surface area contributed by atoms with Crippen molar-refractivity contribution >= 4 is 5.91 Å². The van der Waals surface area contributed by atoms with Crippen LogP contribution in [0, 0.1) is 5.92 Å². The molecular weight excluding hydrogens is 348 g/mol. The molecule has 4 rings (SSSR count). The molecule has 0 N–H and O–H groups in total. The summed E-state index contributed by atoms with van der Waals surface area (Å²) < 4.78 is 6.08. The van der Waals surface area contributed by atoms with Gasteiger partial charge in [-0.1, -0.05) is 12.1 Å². The molecule has 3 fully saturated rings. The number of benzene rings is 1. The van der Waals surface area contributed by atoms with Gasteiger partial charge < -0.3 is 9.64 Å². The van der Waals surface area contributed by atoms with E-state index in [1.165, 1.54) is 63.5 Å². The van der Waals surface area contributed by atoms with Gasteiger partial charge in [0, 0.05) is 32.6 Å². The Balaban J connectivity index is 1.21. The Hall–Kier alpha value is -1.55. The lowest BCUT2D eigenvalue weighted by Crippen LogP contribution is -2.35. The average molecular weight is 385 g/mol. The normalized spacial score (nSPS) is 24.0. The summed E-state index contributed by atoms with van der Waals surface area (Å²) >= 11 is 0. The molecule has 0 radical (unpaired) electrons. The minimum atomic E-state index is 0.382. The molecule has 1 atom stereocenters. The van der Waals surface area contributed by atoms with Gasteiger partial charge in [-0.15, -0.1) is 0 Å². The third kappa shape index (κ3) is 5.50. The van der Waals surface area contributed by atoms with E-state index in [1.807, 2.05) is 0 Å². The maximum absolute atomic E-state index is 12.3. The van der Waals surface area contributed by atoms with Crippen LogP contribution in [0.15, 0.2) is 24.3 Å². The fourth-order valence-electron chi connectivity index (χ4n) is 5.11. The number of piperidine rings is 1. The lowest BCUT2D eigenvalue weighted by Gasteiger charge is -2.33. The Morgan fingerprint density at radius 2 is 1.68 bits per heavy atom. The summed E-state index contributed by atoms with van der Waals surface area (Å²) in [5, 5.41) is 0. The monoisotopic (exact) mass is 384 g/mol. The van der Waals surface area contributed by atoms with E-state index in [1.54, 1.807) is 0 Å². The van der Waals surface area contributed by atoms with Crippen LogP contribution in [0.3, 0.4) is 0 Å². The first-order valence-corrected chi connectivity index (χ1v) is 11.5. The highest BCUT2D eigenvalue weighted by Crippen LogP contribution is 2.26. The Morgan fingerprint density at radius 3 is 2.43 bits per heavy atom. The van der Waals surface area contributed by atoms with E-state index in [0.717, 1.165) is 44.8 Å². The molecule has 28 heavy (non-hydrogen) atoms. The summed E-state index contributed by atoms with van der Waals surface area (Å²) in [5.74, 6) is 2.07. The van der Waals surface area contributed by atoms with Crippen LogP contribution in [0.2, 0.25) is 0 Å². The second kappa shape index (κ2) is 9.78. The molecule has 0 spiro atoms. The summed E-state index contributed by atoms with van der Waals surface area (Å²) in [4.78, 5) is 17.0. The van der Waals surface area contributed by atoms with Gasteiger partial charge in [0.25, 0.3) is 0 Å². The number of rotatable bonds is 7. The molecule has 3 aliphatic rings. The Kier molecular flexibility index (Phi) is 6.90. The topological polar surface area (TPSA) is 32.8 Å². The zero-order valence-electron chi connectivity index (χ0n) is 17.3. The average Bonchev–Trinajstić information content (AvgIpc) is 3.42. The van der Waals surface area contributed by atoms with Crippen LogP contribution in [0.25, 0.3) is 0 Å². The summed E-state index contributed by atoms with van der Waals surface area (Å²) in [5.41, 5.74) is 1.37. The minimum absolute atomic E-state index is 0.382. The highest BCUT2D eigenvalue weighted by atomic mass is 16.5. The molecule has 1 saturated carbocycles. The minimum Gasteiger partial charge on any atom is -0.490 e. The fourth-order valence-corrected chi connectivity index (χ4v) is 5.11. The first kappa shape index (κ1) is 19.8. The van der Waals surface area contributed by atoms with E-state index < -0.39 is 0 Å². The van der Waals surface area contributed by atoms with Crippen molar-refractivity contribution in [2.75, 3.05) is 26.2 Å². The molecule has 2 saturated heterocycles. The van der Waals surface area contributed by atoms with Crippen molar-refractivity contribution in [3.8, 4) is 5.75 Å². The molecule has 0 bridgehead atoms. The van der Waals surface area contributed by atoms with Crippen LogP contribution < -0.4 is 4.74 Å². The summed E-state index contributed by atoms with van der Waals surface area (Å²) in [6, 6.07) is 8.74. The Bertz CT molecular complexity index is 618. The van der Waals surface area contributed by atoms with E-state index in [-0.39, 0.29) is 0 Å². The van der Waals surface area contributed by atoms with E-state index in [9.17, 15) is 4.79 Å². The molecule has 4 nitrogen and oxygen atoms in total.